The van der Waals surface area contributed by atoms with E-state index in [1.54, 1.807) is 4.68 Å². The molecule has 1 aromatic heterocycles. The predicted molar refractivity (Wildman–Crippen MR) is 66.7 cm³/mol. The van der Waals surface area contributed by atoms with Gasteiger partial charge in [-0.3, -0.25) is 14.6 Å². The Hall–Kier alpha value is -1.33. The zero-order chi connectivity index (χ0) is 11.7. The third-order valence-corrected chi connectivity index (χ3v) is 3.02. The molecule has 0 unspecified atom stereocenters. The zero-order valence-corrected chi connectivity index (χ0v) is 10.4. The summed E-state index contributed by atoms with van der Waals surface area (Å²) in [5, 5.41) is 2.77. The molecule has 16 heavy (non-hydrogen) atoms. The SMILES string of the molecule is Cc1c(CN)c(=O)[nH]n1-c1cccc(Br)c1. The van der Waals surface area contributed by atoms with Gasteiger partial charge < -0.3 is 5.73 Å². The molecule has 0 saturated heterocycles. The zero-order valence-electron chi connectivity index (χ0n) is 8.83. The first-order valence-electron chi connectivity index (χ1n) is 4.90. The van der Waals surface area contributed by atoms with E-state index in [2.05, 4.69) is 21.0 Å². The van der Waals surface area contributed by atoms with E-state index in [1.807, 2.05) is 31.2 Å². The van der Waals surface area contributed by atoms with Gasteiger partial charge in [0.2, 0.25) is 0 Å². The molecule has 84 valence electrons. The van der Waals surface area contributed by atoms with Gasteiger partial charge in [0.15, 0.2) is 0 Å². The molecule has 5 heteroatoms. The summed E-state index contributed by atoms with van der Waals surface area (Å²) in [6.45, 7) is 2.13. The largest absolute Gasteiger partial charge is 0.326 e. The van der Waals surface area contributed by atoms with Crippen molar-refractivity contribution in [3.63, 3.8) is 0 Å². The number of benzene rings is 1. The fraction of sp³-hybridized carbons (Fsp3) is 0.182. The third kappa shape index (κ3) is 1.83. The molecule has 2 aromatic rings. The maximum Gasteiger partial charge on any atom is 0.269 e. The fourth-order valence-electron chi connectivity index (χ4n) is 1.67. The molecule has 0 aliphatic carbocycles. The summed E-state index contributed by atoms with van der Waals surface area (Å²) in [5.41, 5.74) is 7.79. The van der Waals surface area contributed by atoms with Crippen molar-refractivity contribution in [2.45, 2.75) is 13.5 Å². The van der Waals surface area contributed by atoms with Crippen LogP contribution in [0, 0.1) is 6.92 Å². The highest BCUT2D eigenvalue weighted by molar-refractivity contribution is 9.10. The standard InChI is InChI=1S/C11H12BrN3O/c1-7-10(6-13)11(16)14-15(7)9-4-2-3-8(12)5-9/h2-5H,6,13H2,1H3,(H,14,16). The van der Waals surface area contributed by atoms with E-state index < -0.39 is 0 Å². The van der Waals surface area contributed by atoms with Crippen molar-refractivity contribution in [2.75, 3.05) is 0 Å². The molecule has 1 heterocycles. The molecule has 0 saturated carbocycles. The van der Waals surface area contributed by atoms with Crippen LogP contribution in [0.4, 0.5) is 0 Å². The summed E-state index contributed by atoms with van der Waals surface area (Å²) < 4.78 is 2.71. The van der Waals surface area contributed by atoms with Crippen LogP contribution in [0.3, 0.4) is 0 Å². The van der Waals surface area contributed by atoms with E-state index in [1.165, 1.54) is 0 Å². The van der Waals surface area contributed by atoms with Gasteiger partial charge in [0.05, 0.1) is 11.3 Å². The van der Waals surface area contributed by atoms with Crippen molar-refractivity contribution in [3.8, 4) is 5.69 Å². The normalized spacial score (nSPS) is 10.7. The number of halogens is 1. The van der Waals surface area contributed by atoms with E-state index in [0.717, 1.165) is 15.9 Å². The first kappa shape index (κ1) is 11.2. The minimum atomic E-state index is -0.125. The number of nitrogens with one attached hydrogen (secondary N) is 1. The van der Waals surface area contributed by atoms with Crippen LogP contribution < -0.4 is 11.3 Å². The second-order valence-electron chi connectivity index (χ2n) is 3.52. The molecule has 0 amide bonds. The summed E-state index contributed by atoms with van der Waals surface area (Å²) in [6, 6.07) is 7.71. The van der Waals surface area contributed by atoms with Crippen molar-refractivity contribution in [2.24, 2.45) is 5.73 Å². The Labute approximate surface area is 101 Å². The Morgan fingerprint density at radius 3 is 2.81 bits per heavy atom. The van der Waals surface area contributed by atoms with Gasteiger partial charge in [0.1, 0.15) is 0 Å². The second kappa shape index (κ2) is 4.27. The van der Waals surface area contributed by atoms with Gasteiger partial charge in [0, 0.05) is 16.7 Å². The highest BCUT2D eigenvalue weighted by Crippen LogP contribution is 2.16. The summed E-state index contributed by atoms with van der Waals surface area (Å²) in [4.78, 5) is 11.6. The molecule has 0 aliphatic heterocycles. The molecule has 4 nitrogen and oxygen atoms in total. The highest BCUT2D eigenvalue weighted by atomic mass is 79.9. The summed E-state index contributed by atoms with van der Waals surface area (Å²) >= 11 is 3.40. The molecule has 0 spiro atoms. The van der Waals surface area contributed by atoms with Crippen LogP contribution in [0.2, 0.25) is 0 Å². The van der Waals surface area contributed by atoms with Crippen molar-refractivity contribution < 1.29 is 0 Å². The van der Waals surface area contributed by atoms with E-state index in [-0.39, 0.29) is 12.1 Å². The molecule has 0 radical (unpaired) electrons. The van der Waals surface area contributed by atoms with E-state index in [4.69, 9.17) is 5.73 Å². The van der Waals surface area contributed by atoms with Gasteiger partial charge in [0.25, 0.3) is 5.56 Å². The Kier molecular flexibility index (Phi) is 2.98. The quantitative estimate of drug-likeness (QED) is 0.880. The average Bonchev–Trinajstić information content (AvgIpc) is 2.54. The lowest BCUT2D eigenvalue weighted by atomic mass is 10.2. The van der Waals surface area contributed by atoms with Crippen LogP contribution in [0.15, 0.2) is 33.5 Å². The molecule has 0 aliphatic rings. The highest BCUT2D eigenvalue weighted by Gasteiger charge is 2.10. The number of H-pyrrole nitrogens is 1. The maximum atomic E-state index is 11.6. The predicted octanol–water partition coefficient (Wildman–Crippen LogP) is 1.70. The Balaban J connectivity index is 2.61. The molecular weight excluding hydrogens is 270 g/mol. The monoisotopic (exact) mass is 281 g/mol. The maximum absolute atomic E-state index is 11.6. The van der Waals surface area contributed by atoms with Gasteiger partial charge in [-0.15, -0.1) is 0 Å². The topological polar surface area (TPSA) is 63.8 Å². The second-order valence-corrected chi connectivity index (χ2v) is 4.44. The first-order valence-corrected chi connectivity index (χ1v) is 5.69. The molecule has 0 bridgehead atoms. The van der Waals surface area contributed by atoms with Gasteiger partial charge in [-0.1, -0.05) is 22.0 Å². The van der Waals surface area contributed by atoms with Crippen molar-refractivity contribution in [1.29, 1.82) is 0 Å². The van der Waals surface area contributed by atoms with Crippen LogP contribution >= 0.6 is 15.9 Å². The summed E-state index contributed by atoms with van der Waals surface area (Å²) in [6.07, 6.45) is 0. The number of aromatic amines is 1. The lowest BCUT2D eigenvalue weighted by molar-refractivity contribution is 0.832. The number of rotatable bonds is 2. The molecule has 2 rings (SSSR count). The van der Waals surface area contributed by atoms with Crippen LogP contribution in [0.1, 0.15) is 11.3 Å². The number of hydrogen-bond donors (Lipinski definition) is 2. The number of nitrogens with zero attached hydrogens (tertiary/aromatic N) is 1. The van der Waals surface area contributed by atoms with Gasteiger partial charge in [-0.25, -0.2) is 0 Å². The van der Waals surface area contributed by atoms with Crippen LogP contribution in [-0.4, -0.2) is 9.78 Å². The smallest absolute Gasteiger partial charge is 0.269 e. The van der Waals surface area contributed by atoms with Crippen molar-refractivity contribution in [3.05, 3.63) is 50.3 Å². The molecule has 0 atom stereocenters. The minimum absolute atomic E-state index is 0.125. The summed E-state index contributed by atoms with van der Waals surface area (Å²) in [7, 11) is 0. The Morgan fingerprint density at radius 1 is 1.50 bits per heavy atom. The van der Waals surface area contributed by atoms with Gasteiger partial charge in [-0.05, 0) is 25.1 Å². The van der Waals surface area contributed by atoms with Gasteiger partial charge >= 0.3 is 0 Å². The molecule has 0 fully saturated rings. The van der Waals surface area contributed by atoms with Crippen LogP contribution in [0.25, 0.3) is 5.69 Å². The van der Waals surface area contributed by atoms with Crippen LogP contribution in [-0.2, 0) is 6.54 Å². The minimum Gasteiger partial charge on any atom is -0.326 e. The molecular formula is C11H12BrN3O. The van der Waals surface area contributed by atoms with Crippen LogP contribution in [0.5, 0.6) is 0 Å². The summed E-state index contributed by atoms with van der Waals surface area (Å²) in [5.74, 6) is 0. The third-order valence-electron chi connectivity index (χ3n) is 2.53. The number of aromatic nitrogens is 2. The van der Waals surface area contributed by atoms with E-state index in [0.29, 0.717) is 5.56 Å². The lowest BCUT2D eigenvalue weighted by Gasteiger charge is -2.06. The van der Waals surface area contributed by atoms with Crippen molar-refractivity contribution >= 4 is 15.9 Å². The van der Waals surface area contributed by atoms with Crippen molar-refractivity contribution in [1.82, 2.24) is 9.78 Å². The number of nitrogens with two attached hydrogens (primary N) is 1. The van der Waals surface area contributed by atoms with E-state index >= 15 is 0 Å². The average molecular weight is 282 g/mol. The Bertz CT molecular complexity index is 571. The number of hydrogen-bond acceptors (Lipinski definition) is 2. The first-order chi connectivity index (χ1) is 7.63. The fourth-order valence-corrected chi connectivity index (χ4v) is 2.05. The molecule has 3 N–H and O–H groups in total. The Morgan fingerprint density at radius 2 is 2.25 bits per heavy atom. The lowest BCUT2D eigenvalue weighted by Crippen LogP contribution is -2.10. The van der Waals surface area contributed by atoms with E-state index in [9.17, 15) is 4.79 Å². The van der Waals surface area contributed by atoms with Gasteiger partial charge in [-0.2, -0.15) is 0 Å². The molecule has 1 aromatic carbocycles.